The summed E-state index contributed by atoms with van der Waals surface area (Å²) in [6.07, 6.45) is 0. The number of hydrogen-bond donors (Lipinski definition) is 3. The summed E-state index contributed by atoms with van der Waals surface area (Å²) in [4.78, 5) is 13.0. The molecule has 0 bridgehead atoms. The molecule has 0 saturated heterocycles. The van der Waals surface area contributed by atoms with Gasteiger partial charge in [0.15, 0.2) is 0 Å². The highest BCUT2D eigenvalue weighted by Crippen LogP contribution is 2.25. The van der Waals surface area contributed by atoms with Crippen LogP contribution in [0.3, 0.4) is 0 Å². The van der Waals surface area contributed by atoms with Crippen molar-refractivity contribution in [2.45, 2.75) is 20.4 Å². The topological polar surface area (TPSA) is 98.7 Å². The number of nitrogens with two attached hydrogens (primary N) is 1. The van der Waals surface area contributed by atoms with Crippen molar-refractivity contribution in [3.63, 3.8) is 0 Å². The van der Waals surface area contributed by atoms with Crippen LogP contribution in [0.15, 0.2) is 48.5 Å². The number of benzene rings is 2. The van der Waals surface area contributed by atoms with Crippen molar-refractivity contribution in [3.8, 4) is 5.75 Å². The normalized spacial score (nSPS) is 11.6. The van der Waals surface area contributed by atoms with Gasteiger partial charge >= 0.3 is 0 Å². The number of ether oxygens (including phenoxy) is 2. The molecule has 0 unspecified atom stereocenters. The first kappa shape index (κ1) is 22.7. The number of methoxy groups -OCH3 is 1. The zero-order chi connectivity index (χ0) is 22.4. The van der Waals surface area contributed by atoms with Crippen LogP contribution in [0.1, 0.15) is 29.9 Å². The van der Waals surface area contributed by atoms with Gasteiger partial charge in [0, 0.05) is 48.8 Å². The second kappa shape index (κ2) is 9.85. The van der Waals surface area contributed by atoms with E-state index in [4.69, 9.17) is 15.2 Å². The smallest absolute Gasteiger partial charge is 0.267 e. The molecular weight excluding hydrogens is 394 g/mol. The maximum absolute atomic E-state index is 13.0. The van der Waals surface area contributed by atoms with E-state index in [0.717, 1.165) is 22.2 Å². The Kier molecular flexibility index (Phi) is 7.20. The summed E-state index contributed by atoms with van der Waals surface area (Å²) in [5.41, 5.74) is 8.68. The second-order valence-electron chi connectivity index (χ2n) is 8.43. The summed E-state index contributed by atoms with van der Waals surface area (Å²) in [5, 5.41) is 13.3. The Morgan fingerprint density at radius 2 is 1.97 bits per heavy atom. The van der Waals surface area contributed by atoms with Gasteiger partial charge in [-0.3, -0.25) is 4.79 Å². The van der Waals surface area contributed by atoms with E-state index in [1.165, 1.54) is 0 Å². The lowest BCUT2D eigenvalue weighted by Gasteiger charge is -2.22. The zero-order valence-corrected chi connectivity index (χ0v) is 18.4. The number of fused-ring (bicyclic) bond motifs is 1. The molecule has 166 valence electrons. The summed E-state index contributed by atoms with van der Waals surface area (Å²) in [6, 6.07) is 15.3. The van der Waals surface area contributed by atoms with Crippen LogP contribution >= 0.6 is 0 Å². The van der Waals surface area contributed by atoms with Gasteiger partial charge in [0.25, 0.3) is 5.91 Å². The maximum Gasteiger partial charge on any atom is 0.267 e. The van der Waals surface area contributed by atoms with E-state index < -0.39 is 5.41 Å². The van der Waals surface area contributed by atoms with Crippen molar-refractivity contribution in [2.75, 3.05) is 39.2 Å². The molecule has 0 radical (unpaired) electrons. The predicted molar refractivity (Wildman–Crippen MR) is 122 cm³/mol. The van der Waals surface area contributed by atoms with Gasteiger partial charge in [-0.1, -0.05) is 26.0 Å². The number of nitrogen functional groups attached to an aromatic ring is 1. The molecule has 1 amide bonds. The Morgan fingerprint density at radius 3 is 2.71 bits per heavy atom. The number of carbonyl (C=O) groups excluding carboxylic acids is 1. The maximum atomic E-state index is 13.0. The summed E-state index contributed by atoms with van der Waals surface area (Å²) < 4.78 is 12.7. The van der Waals surface area contributed by atoms with E-state index in [9.17, 15) is 9.90 Å². The van der Waals surface area contributed by atoms with Gasteiger partial charge in [0.05, 0.1) is 6.61 Å². The van der Waals surface area contributed by atoms with Gasteiger partial charge in [-0.2, -0.15) is 0 Å². The van der Waals surface area contributed by atoms with Crippen molar-refractivity contribution in [3.05, 3.63) is 59.8 Å². The Morgan fingerprint density at radius 1 is 1.16 bits per heavy atom. The van der Waals surface area contributed by atoms with Crippen molar-refractivity contribution >= 4 is 22.5 Å². The fourth-order valence-corrected chi connectivity index (χ4v) is 3.27. The van der Waals surface area contributed by atoms with Crippen molar-refractivity contribution < 1.29 is 19.4 Å². The van der Waals surface area contributed by atoms with Crippen LogP contribution in [-0.4, -0.2) is 49.1 Å². The molecule has 7 nitrogen and oxygen atoms in total. The lowest BCUT2D eigenvalue weighted by atomic mass is 9.95. The minimum Gasteiger partial charge on any atom is -0.491 e. The van der Waals surface area contributed by atoms with Crippen molar-refractivity contribution in [1.29, 1.82) is 0 Å². The number of nitrogens with one attached hydrogen (secondary N) is 1. The Balaban J connectivity index is 1.90. The quantitative estimate of drug-likeness (QED) is 0.343. The summed E-state index contributed by atoms with van der Waals surface area (Å²) in [7, 11) is 1.64. The lowest BCUT2D eigenvalue weighted by molar-refractivity contribution is 0.0903. The highest BCUT2D eigenvalue weighted by atomic mass is 16.5. The molecule has 0 aliphatic carbocycles. The molecule has 0 aliphatic heterocycles. The third kappa shape index (κ3) is 5.77. The first-order valence-electron chi connectivity index (χ1n) is 10.3. The van der Waals surface area contributed by atoms with Gasteiger partial charge in [-0.05, 0) is 42.0 Å². The minimum atomic E-state index is -0.398. The number of aliphatic hydroxyl groups is 1. The molecule has 3 aromatic rings. The van der Waals surface area contributed by atoms with Gasteiger partial charge in [-0.15, -0.1) is 0 Å². The molecule has 3 rings (SSSR count). The van der Waals surface area contributed by atoms with Gasteiger partial charge in [0.2, 0.25) is 0 Å². The van der Waals surface area contributed by atoms with E-state index in [0.29, 0.717) is 37.7 Å². The van der Waals surface area contributed by atoms with Crippen molar-refractivity contribution in [1.82, 2.24) is 9.88 Å². The van der Waals surface area contributed by atoms with Crippen LogP contribution < -0.4 is 15.8 Å². The Hall–Kier alpha value is -3.03. The van der Waals surface area contributed by atoms with Crippen LogP contribution in [0.2, 0.25) is 0 Å². The van der Waals surface area contributed by atoms with E-state index >= 15 is 0 Å². The summed E-state index contributed by atoms with van der Waals surface area (Å²) in [5.74, 6) is 0.565. The average molecular weight is 426 g/mol. The predicted octanol–water partition coefficient (Wildman–Crippen LogP) is 3.05. The highest BCUT2D eigenvalue weighted by molar-refractivity contribution is 5.99. The second-order valence-corrected chi connectivity index (χ2v) is 8.43. The number of aromatic nitrogens is 1. The van der Waals surface area contributed by atoms with Crippen LogP contribution in [0.25, 0.3) is 10.9 Å². The van der Waals surface area contributed by atoms with Gasteiger partial charge in [-0.25, -0.2) is 0 Å². The summed E-state index contributed by atoms with van der Waals surface area (Å²) >= 11 is 0. The van der Waals surface area contributed by atoms with E-state index in [1.807, 2.05) is 66.9 Å². The number of rotatable bonds is 10. The zero-order valence-electron chi connectivity index (χ0n) is 18.4. The molecule has 0 saturated carbocycles. The molecular formula is C24H31N3O4. The van der Waals surface area contributed by atoms with Crippen LogP contribution in [0.5, 0.6) is 5.75 Å². The van der Waals surface area contributed by atoms with E-state index in [-0.39, 0.29) is 12.5 Å². The third-order valence-electron chi connectivity index (χ3n) is 5.11. The number of amides is 1. The fraction of sp³-hybridized carbons (Fsp3) is 0.375. The largest absolute Gasteiger partial charge is 0.491 e. The standard InChI is InChI=1S/C24H31N3O4/c1-24(2,16-28)15-26-23(29)22-13-18-12-19(25)7-8-21(18)27(22)14-17-5-4-6-20(11-17)31-10-9-30-3/h4-8,11-13,28H,9-10,14-16,25H2,1-3H3,(H,26,29). The molecule has 0 aliphatic rings. The molecule has 0 fully saturated rings. The molecule has 2 aromatic carbocycles. The van der Waals surface area contributed by atoms with Crippen molar-refractivity contribution in [2.24, 2.45) is 5.41 Å². The third-order valence-corrected chi connectivity index (χ3v) is 5.11. The van der Waals surface area contributed by atoms with Gasteiger partial charge in [0.1, 0.15) is 18.1 Å². The summed E-state index contributed by atoms with van der Waals surface area (Å²) in [6.45, 7) is 5.65. The molecule has 0 atom stereocenters. The molecule has 4 N–H and O–H groups in total. The van der Waals surface area contributed by atoms with Crippen LogP contribution in [0, 0.1) is 5.41 Å². The molecule has 7 heteroatoms. The highest BCUT2D eigenvalue weighted by Gasteiger charge is 2.21. The van der Waals surface area contributed by atoms with Crippen LogP contribution in [-0.2, 0) is 11.3 Å². The average Bonchev–Trinajstić information content (AvgIpc) is 3.10. The first-order chi connectivity index (χ1) is 14.8. The Bertz CT molecular complexity index is 1040. The molecule has 1 aromatic heterocycles. The lowest BCUT2D eigenvalue weighted by Crippen LogP contribution is -2.36. The fourth-order valence-electron chi connectivity index (χ4n) is 3.27. The number of aliphatic hydroxyl groups excluding tert-OH is 1. The minimum absolute atomic E-state index is 0.0112. The SMILES string of the molecule is COCCOc1cccc(Cn2c(C(=O)NCC(C)(C)CO)cc3cc(N)ccc32)c1. The number of nitrogens with zero attached hydrogens (tertiary/aromatic N) is 1. The van der Waals surface area contributed by atoms with E-state index in [2.05, 4.69) is 5.32 Å². The molecule has 1 heterocycles. The Labute approximate surface area is 182 Å². The monoisotopic (exact) mass is 425 g/mol. The number of anilines is 1. The molecule has 0 spiro atoms. The van der Waals surface area contributed by atoms with Crippen LogP contribution in [0.4, 0.5) is 5.69 Å². The number of carbonyl (C=O) groups is 1. The molecule has 31 heavy (non-hydrogen) atoms. The first-order valence-corrected chi connectivity index (χ1v) is 10.3. The van der Waals surface area contributed by atoms with Gasteiger partial charge < -0.3 is 30.2 Å². The number of hydrogen-bond acceptors (Lipinski definition) is 5. The van der Waals surface area contributed by atoms with E-state index in [1.54, 1.807) is 7.11 Å².